The fourth-order valence-electron chi connectivity index (χ4n) is 3.06. The molecule has 0 bridgehead atoms. The fourth-order valence-corrected chi connectivity index (χ4v) is 3.27. The standard InChI is InChI=1S/C19H10ClF6N5O/c20-11-3-1-2-4-12(11)31-16(10-5-6-13(27-7-10)19(24,25)26)14-15(29-31)17(32)30(9-28-14)8-18(21,22)23/h1-7,9H,8H2. The van der Waals surface area contributed by atoms with Gasteiger partial charge in [-0.1, -0.05) is 23.7 Å². The Kier molecular flexibility index (Phi) is 5.19. The first kappa shape index (κ1) is 21.8. The molecule has 0 radical (unpaired) electrons. The minimum absolute atomic E-state index is 0.0468. The Morgan fingerprint density at radius 2 is 1.66 bits per heavy atom. The van der Waals surface area contributed by atoms with E-state index in [2.05, 4.69) is 15.1 Å². The summed E-state index contributed by atoms with van der Waals surface area (Å²) in [5.74, 6) is 0. The lowest BCUT2D eigenvalue weighted by Crippen LogP contribution is -2.28. The van der Waals surface area contributed by atoms with Gasteiger partial charge in [-0.15, -0.1) is 0 Å². The molecule has 0 aliphatic heterocycles. The number of fused-ring (bicyclic) bond motifs is 1. The first-order valence-corrected chi connectivity index (χ1v) is 9.17. The zero-order valence-corrected chi connectivity index (χ0v) is 16.4. The minimum Gasteiger partial charge on any atom is -0.288 e. The molecular formula is C19H10ClF6N5O. The van der Waals surface area contributed by atoms with Crippen molar-refractivity contribution >= 4 is 22.6 Å². The van der Waals surface area contributed by atoms with Crippen LogP contribution >= 0.6 is 11.6 Å². The summed E-state index contributed by atoms with van der Waals surface area (Å²) in [7, 11) is 0. The van der Waals surface area contributed by atoms with Gasteiger partial charge in [-0.25, -0.2) is 9.67 Å². The van der Waals surface area contributed by atoms with E-state index in [1.54, 1.807) is 12.1 Å². The van der Waals surface area contributed by atoms with E-state index >= 15 is 0 Å². The summed E-state index contributed by atoms with van der Waals surface area (Å²) in [5.41, 5.74) is -2.36. The van der Waals surface area contributed by atoms with Crippen molar-refractivity contribution in [3.05, 3.63) is 70.0 Å². The highest BCUT2D eigenvalue weighted by molar-refractivity contribution is 6.32. The number of benzene rings is 1. The summed E-state index contributed by atoms with van der Waals surface area (Å²) in [5, 5.41) is 4.28. The van der Waals surface area contributed by atoms with E-state index in [4.69, 9.17) is 11.6 Å². The molecule has 3 heterocycles. The lowest BCUT2D eigenvalue weighted by molar-refractivity contribution is -0.142. The highest BCUT2D eigenvalue weighted by atomic mass is 35.5. The zero-order chi connectivity index (χ0) is 23.3. The van der Waals surface area contributed by atoms with Crippen LogP contribution in [0.3, 0.4) is 0 Å². The van der Waals surface area contributed by atoms with Crippen molar-refractivity contribution in [1.29, 1.82) is 0 Å². The van der Waals surface area contributed by atoms with E-state index in [0.29, 0.717) is 10.9 Å². The van der Waals surface area contributed by atoms with Gasteiger partial charge in [-0.05, 0) is 24.3 Å². The van der Waals surface area contributed by atoms with Gasteiger partial charge in [-0.3, -0.25) is 14.3 Å². The molecule has 0 unspecified atom stereocenters. The molecule has 0 fully saturated rings. The summed E-state index contributed by atoms with van der Waals surface area (Å²) in [6.45, 7) is -1.58. The first-order valence-electron chi connectivity index (χ1n) is 8.79. The van der Waals surface area contributed by atoms with Crippen molar-refractivity contribution in [2.75, 3.05) is 0 Å². The molecular weight excluding hydrogens is 464 g/mol. The molecule has 1 aromatic carbocycles. The number of para-hydroxylation sites is 1. The molecule has 4 rings (SSSR count). The molecule has 0 spiro atoms. The Hall–Kier alpha value is -3.41. The van der Waals surface area contributed by atoms with Gasteiger partial charge in [-0.2, -0.15) is 31.4 Å². The highest BCUT2D eigenvalue weighted by Crippen LogP contribution is 2.33. The van der Waals surface area contributed by atoms with Gasteiger partial charge in [0.15, 0.2) is 5.52 Å². The molecule has 32 heavy (non-hydrogen) atoms. The maximum atomic E-state index is 12.9. The van der Waals surface area contributed by atoms with E-state index in [1.807, 2.05) is 0 Å². The first-order chi connectivity index (χ1) is 15.0. The lowest BCUT2D eigenvalue weighted by Gasteiger charge is -2.10. The van der Waals surface area contributed by atoms with E-state index < -0.39 is 35.7 Å². The van der Waals surface area contributed by atoms with E-state index in [-0.39, 0.29) is 27.5 Å². The Bertz CT molecular complexity index is 1360. The van der Waals surface area contributed by atoms with Gasteiger partial charge in [0.2, 0.25) is 0 Å². The van der Waals surface area contributed by atoms with Crippen molar-refractivity contribution in [2.45, 2.75) is 18.9 Å². The predicted octanol–water partition coefficient (Wildman–Crippen LogP) is 4.88. The van der Waals surface area contributed by atoms with Crippen LogP contribution in [0.15, 0.2) is 53.7 Å². The van der Waals surface area contributed by atoms with E-state index in [0.717, 1.165) is 23.0 Å². The number of aromatic nitrogens is 5. The van der Waals surface area contributed by atoms with Crippen molar-refractivity contribution in [3.8, 4) is 16.9 Å². The molecule has 4 aromatic rings. The predicted molar refractivity (Wildman–Crippen MR) is 102 cm³/mol. The van der Waals surface area contributed by atoms with Crippen LogP contribution in [0.5, 0.6) is 0 Å². The third-order valence-electron chi connectivity index (χ3n) is 4.41. The average Bonchev–Trinajstić information content (AvgIpc) is 3.09. The molecule has 0 saturated carbocycles. The van der Waals surface area contributed by atoms with Gasteiger partial charge >= 0.3 is 12.4 Å². The normalized spacial score (nSPS) is 12.5. The van der Waals surface area contributed by atoms with Crippen LogP contribution in [0.25, 0.3) is 28.0 Å². The quantitative estimate of drug-likeness (QED) is 0.398. The third kappa shape index (κ3) is 4.05. The maximum absolute atomic E-state index is 12.9. The van der Waals surface area contributed by atoms with Crippen LogP contribution in [0.1, 0.15) is 5.69 Å². The number of halogens is 7. The Morgan fingerprint density at radius 3 is 2.25 bits per heavy atom. The summed E-state index contributed by atoms with van der Waals surface area (Å²) in [6.07, 6.45) is -7.73. The summed E-state index contributed by atoms with van der Waals surface area (Å²) in [6, 6.07) is 8.07. The third-order valence-corrected chi connectivity index (χ3v) is 4.73. The summed E-state index contributed by atoms with van der Waals surface area (Å²) < 4.78 is 78.6. The molecule has 0 aliphatic rings. The second-order valence-electron chi connectivity index (χ2n) is 6.63. The average molecular weight is 474 g/mol. The smallest absolute Gasteiger partial charge is 0.288 e. The number of pyridine rings is 1. The maximum Gasteiger partial charge on any atom is 0.433 e. The Morgan fingerprint density at radius 1 is 0.938 bits per heavy atom. The molecule has 6 nitrogen and oxygen atoms in total. The minimum atomic E-state index is -4.68. The summed E-state index contributed by atoms with van der Waals surface area (Å²) in [4.78, 5) is 20.0. The molecule has 0 aliphatic carbocycles. The van der Waals surface area contributed by atoms with Gasteiger partial charge in [0.25, 0.3) is 5.56 Å². The molecule has 0 saturated heterocycles. The second-order valence-corrected chi connectivity index (χ2v) is 7.04. The van der Waals surface area contributed by atoms with Gasteiger partial charge in [0, 0.05) is 11.8 Å². The zero-order valence-electron chi connectivity index (χ0n) is 15.6. The largest absolute Gasteiger partial charge is 0.433 e. The molecule has 0 atom stereocenters. The van der Waals surface area contributed by atoms with E-state index in [1.165, 1.54) is 12.1 Å². The van der Waals surface area contributed by atoms with E-state index in [9.17, 15) is 31.1 Å². The van der Waals surface area contributed by atoms with Crippen LogP contribution < -0.4 is 5.56 Å². The SMILES string of the molecule is O=c1c2nn(-c3ccccc3Cl)c(-c3ccc(C(F)(F)F)nc3)c2ncn1CC(F)(F)F. The number of hydrogen-bond acceptors (Lipinski definition) is 4. The monoisotopic (exact) mass is 473 g/mol. The van der Waals surface area contributed by atoms with Gasteiger partial charge < -0.3 is 0 Å². The van der Waals surface area contributed by atoms with Crippen LogP contribution in [-0.2, 0) is 12.7 Å². The number of hydrogen-bond donors (Lipinski definition) is 0. The van der Waals surface area contributed by atoms with Crippen LogP contribution in [0, 0.1) is 0 Å². The lowest BCUT2D eigenvalue weighted by atomic mass is 10.1. The van der Waals surface area contributed by atoms with Crippen molar-refractivity contribution in [1.82, 2.24) is 24.3 Å². The molecule has 0 amide bonds. The topological polar surface area (TPSA) is 65.6 Å². The second kappa shape index (κ2) is 7.62. The van der Waals surface area contributed by atoms with Gasteiger partial charge in [0.1, 0.15) is 23.4 Å². The molecule has 3 aromatic heterocycles. The molecule has 0 N–H and O–H groups in total. The highest BCUT2D eigenvalue weighted by Gasteiger charge is 2.33. The number of alkyl halides is 6. The Labute approximate surface area is 179 Å². The van der Waals surface area contributed by atoms with Crippen LogP contribution in [0.2, 0.25) is 5.02 Å². The number of nitrogens with zero attached hydrogens (tertiary/aromatic N) is 5. The van der Waals surface area contributed by atoms with Gasteiger partial charge in [0.05, 0.1) is 17.0 Å². The number of rotatable bonds is 3. The Balaban J connectivity index is 1.99. The van der Waals surface area contributed by atoms with Crippen LogP contribution in [-0.4, -0.2) is 30.5 Å². The fraction of sp³-hybridized carbons (Fsp3) is 0.158. The van der Waals surface area contributed by atoms with Crippen molar-refractivity contribution in [2.24, 2.45) is 0 Å². The molecule has 13 heteroatoms. The molecule has 166 valence electrons. The van der Waals surface area contributed by atoms with Crippen LogP contribution in [0.4, 0.5) is 26.3 Å². The van der Waals surface area contributed by atoms with Crippen molar-refractivity contribution in [3.63, 3.8) is 0 Å². The van der Waals surface area contributed by atoms with Crippen molar-refractivity contribution < 1.29 is 26.3 Å². The summed E-state index contributed by atoms with van der Waals surface area (Å²) >= 11 is 6.21.